The van der Waals surface area contributed by atoms with E-state index < -0.39 is 11.8 Å². The SMILES string of the molecule is CC(C)n1cnnc1-c1cccc(-c2c(C(N)=O)cccc2C(=O)Nc2cncnc2)n1. The standard InChI is InChI=1S/C22H20N8O2/c1-13(2)30-12-26-29-21(30)18-8-4-7-17(28-18)19-15(20(23)31)5-3-6-16(19)22(32)27-14-9-24-11-25-10-14/h3-13H,1-2H3,(H2,23,31)(H,27,32). The van der Waals surface area contributed by atoms with Crippen molar-refractivity contribution in [2.45, 2.75) is 19.9 Å². The van der Waals surface area contributed by atoms with E-state index in [0.29, 0.717) is 28.5 Å². The number of hydrogen-bond acceptors (Lipinski definition) is 7. The van der Waals surface area contributed by atoms with E-state index in [9.17, 15) is 9.59 Å². The summed E-state index contributed by atoms with van der Waals surface area (Å²) in [4.78, 5) is 37.7. The molecule has 0 spiro atoms. The van der Waals surface area contributed by atoms with Gasteiger partial charge in [-0.1, -0.05) is 12.1 Å². The van der Waals surface area contributed by atoms with Gasteiger partial charge in [-0.15, -0.1) is 10.2 Å². The van der Waals surface area contributed by atoms with Gasteiger partial charge in [-0.05, 0) is 38.1 Å². The Morgan fingerprint density at radius 1 is 1.00 bits per heavy atom. The number of aromatic nitrogens is 6. The summed E-state index contributed by atoms with van der Waals surface area (Å²) in [6, 6.07) is 10.2. The van der Waals surface area contributed by atoms with Gasteiger partial charge in [0.05, 0.1) is 23.8 Å². The normalized spacial score (nSPS) is 10.8. The topological polar surface area (TPSA) is 142 Å². The lowest BCUT2D eigenvalue weighted by molar-refractivity contribution is 0.100. The van der Waals surface area contributed by atoms with Gasteiger partial charge >= 0.3 is 0 Å². The molecule has 0 saturated carbocycles. The van der Waals surface area contributed by atoms with Gasteiger partial charge in [-0.2, -0.15) is 0 Å². The first-order valence-electron chi connectivity index (χ1n) is 9.82. The number of amides is 2. The molecule has 10 heteroatoms. The molecular weight excluding hydrogens is 408 g/mol. The van der Waals surface area contributed by atoms with Crippen molar-refractivity contribution in [3.8, 4) is 22.8 Å². The number of nitrogens with one attached hydrogen (secondary N) is 1. The maximum Gasteiger partial charge on any atom is 0.256 e. The first kappa shape index (κ1) is 20.8. The van der Waals surface area contributed by atoms with Gasteiger partial charge in [0.2, 0.25) is 5.91 Å². The Labute approximate surface area is 183 Å². The number of rotatable bonds is 6. The number of benzene rings is 1. The minimum atomic E-state index is -0.671. The second-order valence-electron chi connectivity index (χ2n) is 7.24. The minimum Gasteiger partial charge on any atom is -0.366 e. The van der Waals surface area contributed by atoms with E-state index in [4.69, 9.17) is 5.73 Å². The Hall–Kier alpha value is -4.47. The average molecular weight is 428 g/mol. The monoisotopic (exact) mass is 428 g/mol. The zero-order chi connectivity index (χ0) is 22.7. The smallest absolute Gasteiger partial charge is 0.256 e. The van der Waals surface area contributed by atoms with Crippen LogP contribution >= 0.6 is 0 Å². The van der Waals surface area contributed by atoms with Crippen LogP contribution in [0.2, 0.25) is 0 Å². The third-order valence-electron chi connectivity index (χ3n) is 4.76. The number of hydrogen-bond donors (Lipinski definition) is 2. The summed E-state index contributed by atoms with van der Waals surface area (Å²) in [5.41, 5.74) is 7.74. The van der Waals surface area contributed by atoms with E-state index >= 15 is 0 Å². The van der Waals surface area contributed by atoms with E-state index in [1.807, 2.05) is 18.4 Å². The van der Waals surface area contributed by atoms with Crippen molar-refractivity contribution < 1.29 is 9.59 Å². The van der Waals surface area contributed by atoms with Gasteiger partial charge in [-0.25, -0.2) is 15.0 Å². The third-order valence-corrected chi connectivity index (χ3v) is 4.76. The number of anilines is 1. The molecule has 0 aliphatic carbocycles. The molecule has 160 valence electrons. The van der Waals surface area contributed by atoms with Crippen molar-refractivity contribution >= 4 is 17.5 Å². The maximum atomic E-state index is 13.1. The summed E-state index contributed by atoms with van der Waals surface area (Å²) in [6.07, 6.45) is 5.94. The van der Waals surface area contributed by atoms with Crippen LogP contribution in [0, 0.1) is 0 Å². The Kier molecular flexibility index (Phi) is 5.67. The molecule has 0 aliphatic rings. The summed E-state index contributed by atoms with van der Waals surface area (Å²) in [6.45, 7) is 4.02. The fraction of sp³-hybridized carbons (Fsp3) is 0.136. The van der Waals surface area contributed by atoms with Gasteiger partial charge in [-0.3, -0.25) is 9.59 Å². The van der Waals surface area contributed by atoms with Gasteiger partial charge in [0.15, 0.2) is 5.82 Å². The van der Waals surface area contributed by atoms with Crippen molar-refractivity contribution in [2.75, 3.05) is 5.32 Å². The number of carbonyl (C=O) groups excluding carboxylic acids is 2. The van der Waals surface area contributed by atoms with E-state index in [1.54, 1.807) is 42.7 Å². The van der Waals surface area contributed by atoms with E-state index in [-0.39, 0.29) is 17.2 Å². The molecule has 0 aliphatic heterocycles. The second kappa shape index (κ2) is 8.72. The van der Waals surface area contributed by atoms with Crippen LogP contribution in [0.1, 0.15) is 40.6 Å². The van der Waals surface area contributed by atoms with Crippen molar-refractivity contribution in [3.05, 3.63) is 72.6 Å². The predicted molar refractivity (Wildman–Crippen MR) is 118 cm³/mol. The lowest BCUT2D eigenvalue weighted by Crippen LogP contribution is -2.18. The van der Waals surface area contributed by atoms with Crippen LogP contribution < -0.4 is 11.1 Å². The van der Waals surface area contributed by atoms with Crippen LogP contribution in [0.25, 0.3) is 22.8 Å². The van der Waals surface area contributed by atoms with Crippen molar-refractivity contribution in [1.82, 2.24) is 29.7 Å². The molecule has 0 atom stereocenters. The minimum absolute atomic E-state index is 0.123. The maximum absolute atomic E-state index is 13.1. The number of primary amides is 1. The summed E-state index contributed by atoms with van der Waals surface area (Å²) in [7, 11) is 0. The quantitative estimate of drug-likeness (QED) is 0.481. The van der Waals surface area contributed by atoms with Gasteiger partial charge in [0.25, 0.3) is 5.91 Å². The number of nitrogens with zero attached hydrogens (tertiary/aromatic N) is 6. The van der Waals surface area contributed by atoms with Crippen molar-refractivity contribution in [2.24, 2.45) is 5.73 Å². The summed E-state index contributed by atoms with van der Waals surface area (Å²) in [5.74, 6) is -0.545. The Balaban J connectivity index is 1.83. The second-order valence-corrected chi connectivity index (χ2v) is 7.24. The first-order chi connectivity index (χ1) is 15.5. The fourth-order valence-corrected chi connectivity index (χ4v) is 3.29. The van der Waals surface area contributed by atoms with E-state index in [2.05, 4.69) is 30.5 Å². The highest BCUT2D eigenvalue weighted by molar-refractivity contribution is 6.12. The molecule has 10 nitrogen and oxygen atoms in total. The average Bonchev–Trinajstić information content (AvgIpc) is 3.30. The zero-order valence-electron chi connectivity index (χ0n) is 17.4. The van der Waals surface area contributed by atoms with Crippen LogP contribution in [0.5, 0.6) is 0 Å². The summed E-state index contributed by atoms with van der Waals surface area (Å²) < 4.78 is 1.88. The first-order valence-corrected chi connectivity index (χ1v) is 9.82. The predicted octanol–water partition coefficient (Wildman–Crippen LogP) is 2.73. The largest absolute Gasteiger partial charge is 0.366 e. The Morgan fingerprint density at radius 3 is 2.41 bits per heavy atom. The molecule has 0 fully saturated rings. The van der Waals surface area contributed by atoms with Crippen molar-refractivity contribution in [3.63, 3.8) is 0 Å². The molecule has 0 unspecified atom stereocenters. The molecule has 4 aromatic rings. The molecule has 4 rings (SSSR count). The van der Waals surface area contributed by atoms with E-state index in [1.165, 1.54) is 18.7 Å². The van der Waals surface area contributed by atoms with Gasteiger partial charge in [0, 0.05) is 22.7 Å². The van der Waals surface area contributed by atoms with Gasteiger partial charge in [0.1, 0.15) is 18.3 Å². The number of pyridine rings is 1. The van der Waals surface area contributed by atoms with E-state index in [0.717, 1.165) is 0 Å². The summed E-state index contributed by atoms with van der Waals surface area (Å²) >= 11 is 0. The third kappa shape index (κ3) is 4.06. The lowest BCUT2D eigenvalue weighted by atomic mass is 9.96. The van der Waals surface area contributed by atoms with Crippen LogP contribution in [-0.2, 0) is 0 Å². The molecule has 0 radical (unpaired) electrons. The molecule has 3 aromatic heterocycles. The van der Waals surface area contributed by atoms with Crippen LogP contribution in [0.3, 0.4) is 0 Å². The molecule has 0 saturated heterocycles. The molecule has 1 aromatic carbocycles. The van der Waals surface area contributed by atoms with Crippen LogP contribution in [0.4, 0.5) is 5.69 Å². The lowest BCUT2D eigenvalue weighted by Gasteiger charge is -2.14. The molecular formula is C22H20N8O2. The zero-order valence-corrected chi connectivity index (χ0v) is 17.4. The summed E-state index contributed by atoms with van der Waals surface area (Å²) in [5, 5.41) is 10.9. The molecule has 32 heavy (non-hydrogen) atoms. The molecule has 0 bridgehead atoms. The van der Waals surface area contributed by atoms with Gasteiger partial charge < -0.3 is 15.6 Å². The number of carbonyl (C=O) groups is 2. The highest BCUT2D eigenvalue weighted by atomic mass is 16.2. The number of nitrogens with two attached hydrogens (primary N) is 1. The van der Waals surface area contributed by atoms with Crippen molar-refractivity contribution in [1.29, 1.82) is 0 Å². The van der Waals surface area contributed by atoms with Crippen LogP contribution in [0.15, 0.2) is 61.4 Å². The molecule has 3 N–H and O–H groups in total. The molecule has 3 heterocycles. The Bertz CT molecular complexity index is 1280. The van der Waals surface area contributed by atoms with Crippen LogP contribution in [-0.4, -0.2) is 41.5 Å². The fourth-order valence-electron chi connectivity index (χ4n) is 3.29. The highest BCUT2D eigenvalue weighted by Crippen LogP contribution is 2.29. The molecule has 2 amide bonds. The highest BCUT2D eigenvalue weighted by Gasteiger charge is 2.21. The Morgan fingerprint density at radius 2 is 1.69 bits per heavy atom.